The van der Waals surface area contributed by atoms with Gasteiger partial charge in [-0.2, -0.15) is 5.10 Å². The predicted octanol–water partition coefficient (Wildman–Crippen LogP) is 5.32. The number of nitrogens with zero attached hydrogens (tertiary/aromatic N) is 2. The maximum atomic E-state index is 11.1. The molecule has 32 heavy (non-hydrogen) atoms. The normalized spacial score (nSPS) is 11.0. The molecule has 0 aliphatic heterocycles. The second-order valence-electron chi connectivity index (χ2n) is 7.81. The van der Waals surface area contributed by atoms with Crippen LogP contribution in [0.5, 0.6) is 17.2 Å². The number of carbonyl (C=O) groups is 1. The van der Waals surface area contributed by atoms with Gasteiger partial charge in [0, 0.05) is 22.7 Å². The number of methoxy groups -OCH3 is 2. The third kappa shape index (κ3) is 4.99. The minimum absolute atomic E-state index is 0.336. The summed E-state index contributed by atoms with van der Waals surface area (Å²) in [7, 11) is 3.20. The summed E-state index contributed by atoms with van der Waals surface area (Å²) < 4.78 is 18.6. The van der Waals surface area contributed by atoms with E-state index in [4.69, 9.17) is 36.0 Å². The molecular formula is C24H27ClN2O5. The van der Waals surface area contributed by atoms with E-state index in [1.807, 2.05) is 35.9 Å². The topological polar surface area (TPSA) is 82.8 Å². The van der Waals surface area contributed by atoms with Crippen LogP contribution < -0.4 is 14.2 Å². The number of benzene rings is 2. The number of aromatic nitrogens is 2. The summed E-state index contributed by atoms with van der Waals surface area (Å²) in [6.07, 6.45) is 0. The summed E-state index contributed by atoms with van der Waals surface area (Å²) in [6, 6.07) is 11.1. The molecule has 3 aromatic rings. The number of hydrogen-bond acceptors (Lipinski definition) is 5. The van der Waals surface area contributed by atoms with Crippen LogP contribution in [0, 0.1) is 12.8 Å². The summed E-state index contributed by atoms with van der Waals surface area (Å²) in [5.41, 5.74) is 3.69. The lowest BCUT2D eigenvalue weighted by atomic mass is 10.1. The van der Waals surface area contributed by atoms with Crippen molar-refractivity contribution in [1.82, 2.24) is 9.78 Å². The van der Waals surface area contributed by atoms with E-state index in [1.54, 1.807) is 26.4 Å². The van der Waals surface area contributed by atoms with Gasteiger partial charge < -0.3 is 19.3 Å². The van der Waals surface area contributed by atoms with E-state index in [1.165, 1.54) is 0 Å². The molecule has 1 N–H and O–H groups in total. The van der Waals surface area contributed by atoms with Crippen LogP contribution >= 0.6 is 11.6 Å². The standard InChI is InChI=1S/C24H27ClN2O5/c1-14(2)12-27-20(16-7-6-8-21(30-4)24(16)31-5)11-19(26-27)17-10-18(25)15(3)9-22(17)32-13-23(28)29/h6-11,14H,12-13H2,1-5H3,(H,28,29). The first-order valence-corrected chi connectivity index (χ1v) is 10.6. The highest BCUT2D eigenvalue weighted by Crippen LogP contribution is 2.41. The van der Waals surface area contributed by atoms with E-state index in [9.17, 15) is 4.79 Å². The van der Waals surface area contributed by atoms with Crippen molar-refractivity contribution in [1.29, 1.82) is 0 Å². The van der Waals surface area contributed by atoms with Crippen LogP contribution in [0.15, 0.2) is 36.4 Å². The number of aliphatic carboxylic acids is 1. The van der Waals surface area contributed by atoms with Gasteiger partial charge >= 0.3 is 5.97 Å². The summed E-state index contributed by atoms with van der Waals surface area (Å²) in [5.74, 6) is 0.911. The average molecular weight is 459 g/mol. The number of hydrogen-bond donors (Lipinski definition) is 1. The Morgan fingerprint density at radius 1 is 1.12 bits per heavy atom. The molecule has 0 aliphatic rings. The zero-order chi connectivity index (χ0) is 23.4. The van der Waals surface area contributed by atoms with Crippen molar-refractivity contribution in [2.45, 2.75) is 27.3 Å². The van der Waals surface area contributed by atoms with Gasteiger partial charge in [0.25, 0.3) is 0 Å². The van der Waals surface area contributed by atoms with Crippen LogP contribution in [0.2, 0.25) is 5.02 Å². The minimum Gasteiger partial charge on any atom is -0.493 e. The summed E-state index contributed by atoms with van der Waals surface area (Å²) in [6.45, 7) is 6.26. The SMILES string of the molecule is COc1cccc(-c2cc(-c3cc(Cl)c(C)cc3OCC(=O)O)nn2CC(C)C)c1OC. The first-order chi connectivity index (χ1) is 15.2. The van der Waals surface area contributed by atoms with Crippen LogP contribution in [-0.2, 0) is 11.3 Å². The number of para-hydroxylation sites is 1. The summed E-state index contributed by atoms with van der Waals surface area (Å²) in [4.78, 5) is 11.1. The van der Waals surface area contributed by atoms with Crippen LogP contribution in [0.1, 0.15) is 19.4 Å². The molecule has 1 heterocycles. The third-order valence-corrected chi connectivity index (χ3v) is 5.29. The van der Waals surface area contributed by atoms with Crippen molar-refractivity contribution in [3.05, 3.63) is 47.0 Å². The lowest BCUT2D eigenvalue weighted by Gasteiger charge is -2.14. The van der Waals surface area contributed by atoms with Crippen molar-refractivity contribution < 1.29 is 24.1 Å². The number of ether oxygens (including phenoxy) is 3. The Morgan fingerprint density at radius 2 is 1.88 bits per heavy atom. The molecule has 170 valence electrons. The van der Waals surface area contributed by atoms with Gasteiger partial charge in [0.2, 0.25) is 0 Å². The molecule has 0 amide bonds. The van der Waals surface area contributed by atoms with Crippen molar-refractivity contribution in [3.63, 3.8) is 0 Å². The van der Waals surface area contributed by atoms with E-state index < -0.39 is 12.6 Å². The number of halogens is 1. The number of carboxylic acid groups (broad SMARTS) is 1. The Bertz CT molecular complexity index is 1120. The molecule has 8 heteroatoms. The zero-order valence-electron chi connectivity index (χ0n) is 18.8. The van der Waals surface area contributed by atoms with E-state index in [-0.39, 0.29) is 0 Å². The van der Waals surface area contributed by atoms with E-state index >= 15 is 0 Å². The van der Waals surface area contributed by atoms with Gasteiger partial charge in [-0.3, -0.25) is 4.68 Å². The molecule has 0 aliphatic carbocycles. The van der Waals surface area contributed by atoms with Crippen molar-refractivity contribution in [2.75, 3.05) is 20.8 Å². The number of carboxylic acids is 1. The molecule has 3 rings (SSSR count). The second-order valence-corrected chi connectivity index (χ2v) is 8.22. The van der Waals surface area contributed by atoms with Crippen molar-refractivity contribution >= 4 is 17.6 Å². The van der Waals surface area contributed by atoms with Gasteiger partial charge in [-0.15, -0.1) is 0 Å². The third-order valence-electron chi connectivity index (χ3n) is 4.88. The molecule has 2 aromatic carbocycles. The fourth-order valence-electron chi connectivity index (χ4n) is 3.45. The van der Waals surface area contributed by atoms with Crippen LogP contribution in [0.4, 0.5) is 0 Å². The van der Waals surface area contributed by atoms with Crippen molar-refractivity contribution in [3.8, 4) is 39.8 Å². The Kier molecular flexibility index (Phi) is 7.30. The van der Waals surface area contributed by atoms with E-state index in [0.29, 0.717) is 46.0 Å². The average Bonchev–Trinajstić information content (AvgIpc) is 3.15. The van der Waals surface area contributed by atoms with Crippen LogP contribution in [0.25, 0.3) is 22.5 Å². The van der Waals surface area contributed by atoms with Crippen LogP contribution in [-0.4, -0.2) is 41.7 Å². The van der Waals surface area contributed by atoms with E-state index in [2.05, 4.69) is 13.8 Å². The molecule has 0 radical (unpaired) electrons. The first-order valence-electron chi connectivity index (χ1n) is 10.2. The fourth-order valence-corrected chi connectivity index (χ4v) is 3.62. The van der Waals surface area contributed by atoms with Crippen molar-refractivity contribution in [2.24, 2.45) is 5.92 Å². The lowest BCUT2D eigenvalue weighted by molar-refractivity contribution is -0.139. The maximum absolute atomic E-state index is 11.1. The summed E-state index contributed by atoms with van der Waals surface area (Å²) >= 11 is 6.39. The highest BCUT2D eigenvalue weighted by molar-refractivity contribution is 6.31. The monoisotopic (exact) mass is 458 g/mol. The Balaban J connectivity index is 2.20. The zero-order valence-corrected chi connectivity index (χ0v) is 19.6. The smallest absolute Gasteiger partial charge is 0.341 e. The van der Waals surface area contributed by atoms with Gasteiger partial charge in [-0.25, -0.2) is 4.79 Å². The molecule has 0 saturated carbocycles. The molecule has 0 spiro atoms. The Hall–Kier alpha value is -3.19. The second kappa shape index (κ2) is 9.96. The van der Waals surface area contributed by atoms with Gasteiger partial charge in [-0.05, 0) is 48.7 Å². The summed E-state index contributed by atoms with van der Waals surface area (Å²) in [5, 5.41) is 14.4. The molecule has 0 unspecified atom stereocenters. The first kappa shape index (κ1) is 23.5. The Labute approximate surface area is 192 Å². The van der Waals surface area contributed by atoms with Gasteiger partial charge in [0.15, 0.2) is 18.1 Å². The highest BCUT2D eigenvalue weighted by atomic mass is 35.5. The van der Waals surface area contributed by atoms with Crippen LogP contribution in [0.3, 0.4) is 0 Å². The number of rotatable bonds is 9. The van der Waals surface area contributed by atoms with Gasteiger partial charge in [0.1, 0.15) is 5.75 Å². The molecule has 1 aromatic heterocycles. The number of aryl methyl sites for hydroxylation is 1. The quantitative estimate of drug-likeness (QED) is 0.467. The molecule has 0 atom stereocenters. The fraction of sp³-hybridized carbons (Fsp3) is 0.333. The minimum atomic E-state index is -1.06. The largest absolute Gasteiger partial charge is 0.493 e. The lowest BCUT2D eigenvalue weighted by Crippen LogP contribution is -2.10. The molecular weight excluding hydrogens is 432 g/mol. The molecule has 0 bridgehead atoms. The molecule has 0 fully saturated rings. The van der Waals surface area contributed by atoms with Gasteiger partial charge in [0.05, 0.1) is 25.6 Å². The van der Waals surface area contributed by atoms with E-state index in [0.717, 1.165) is 16.8 Å². The Morgan fingerprint density at radius 3 is 2.50 bits per heavy atom. The van der Waals surface area contributed by atoms with Gasteiger partial charge in [-0.1, -0.05) is 31.5 Å². The molecule has 0 saturated heterocycles. The predicted molar refractivity (Wildman–Crippen MR) is 124 cm³/mol. The highest BCUT2D eigenvalue weighted by Gasteiger charge is 2.21. The molecule has 7 nitrogen and oxygen atoms in total. The maximum Gasteiger partial charge on any atom is 0.341 e.